The maximum atomic E-state index is 13.3. The molecule has 0 heterocycles. The summed E-state index contributed by atoms with van der Waals surface area (Å²) in [5.74, 6) is -1.91. The molecule has 0 atom stereocenters. The van der Waals surface area contributed by atoms with E-state index in [-0.39, 0.29) is 11.4 Å². The van der Waals surface area contributed by atoms with Crippen molar-refractivity contribution >= 4 is 16.0 Å². The van der Waals surface area contributed by atoms with Gasteiger partial charge in [0.2, 0.25) is 10.0 Å². The van der Waals surface area contributed by atoms with Crippen LogP contribution in [0.25, 0.3) is 0 Å². The molecule has 5 nitrogen and oxygen atoms in total. The second-order valence-corrected chi connectivity index (χ2v) is 6.13. The SMILES string of the molecule is CCCN(CC(=O)O)S(=O)(=O)c1cc(C)cc(F)c1. The first-order chi connectivity index (χ1) is 8.77. The first-order valence-corrected chi connectivity index (χ1v) is 7.20. The Kier molecular flexibility index (Phi) is 5.02. The van der Waals surface area contributed by atoms with Crippen LogP contribution in [0, 0.1) is 12.7 Å². The minimum atomic E-state index is -3.99. The molecule has 1 aromatic carbocycles. The van der Waals surface area contributed by atoms with E-state index in [1.807, 2.05) is 0 Å². The van der Waals surface area contributed by atoms with Gasteiger partial charge in [0.1, 0.15) is 12.4 Å². The lowest BCUT2D eigenvalue weighted by Gasteiger charge is -2.19. The molecule has 0 aliphatic heterocycles. The van der Waals surface area contributed by atoms with Crippen molar-refractivity contribution in [2.75, 3.05) is 13.1 Å². The molecule has 0 saturated heterocycles. The van der Waals surface area contributed by atoms with E-state index in [2.05, 4.69) is 0 Å². The van der Waals surface area contributed by atoms with Crippen molar-refractivity contribution in [2.45, 2.75) is 25.2 Å². The second-order valence-electron chi connectivity index (χ2n) is 4.20. The Bertz CT molecular complexity index is 551. The Morgan fingerprint density at radius 2 is 2.00 bits per heavy atom. The molecule has 0 saturated carbocycles. The van der Waals surface area contributed by atoms with Crippen molar-refractivity contribution in [3.8, 4) is 0 Å². The Labute approximate surface area is 111 Å². The zero-order chi connectivity index (χ0) is 14.6. The highest BCUT2D eigenvalue weighted by atomic mass is 32.2. The average Bonchev–Trinajstić information content (AvgIpc) is 2.26. The number of carboxylic acids is 1. The zero-order valence-electron chi connectivity index (χ0n) is 10.8. The van der Waals surface area contributed by atoms with Gasteiger partial charge in [-0.1, -0.05) is 6.92 Å². The number of rotatable bonds is 6. The highest BCUT2D eigenvalue weighted by Crippen LogP contribution is 2.19. The van der Waals surface area contributed by atoms with Crippen LogP contribution in [0.5, 0.6) is 0 Å². The summed E-state index contributed by atoms with van der Waals surface area (Å²) in [5.41, 5.74) is 0.463. The van der Waals surface area contributed by atoms with Gasteiger partial charge in [0.15, 0.2) is 0 Å². The van der Waals surface area contributed by atoms with Gasteiger partial charge in [0.05, 0.1) is 4.90 Å². The van der Waals surface area contributed by atoms with Gasteiger partial charge in [-0.15, -0.1) is 0 Å². The summed E-state index contributed by atoms with van der Waals surface area (Å²) >= 11 is 0. The van der Waals surface area contributed by atoms with Gasteiger partial charge in [-0.25, -0.2) is 12.8 Å². The summed E-state index contributed by atoms with van der Waals surface area (Å²) in [5, 5.41) is 8.75. The lowest BCUT2D eigenvalue weighted by Crippen LogP contribution is -2.36. The van der Waals surface area contributed by atoms with E-state index in [0.717, 1.165) is 10.4 Å². The molecule has 0 amide bonds. The fraction of sp³-hybridized carbons (Fsp3) is 0.417. The molecule has 7 heteroatoms. The molecule has 0 aromatic heterocycles. The minimum absolute atomic E-state index is 0.0736. The number of halogens is 1. The van der Waals surface area contributed by atoms with Gasteiger partial charge >= 0.3 is 5.97 Å². The Morgan fingerprint density at radius 1 is 1.37 bits per heavy atom. The van der Waals surface area contributed by atoms with Crippen LogP contribution < -0.4 is 0 Å². The van der Waals surface area contributed by atoms with E-state index >= 15 is 0 Å². The van der Waals surface area contributed by atoms with Crippen LogP contribution in [-0.4, -0.2) is 36.9 Å². The first-order valence-electron chi connectivity index (χ1n) is 5.76. The van der Waals surface area contributed by atoms with Gasteiger partial charge < -0.3 is 5.11 Å². The molecule has 106 valence electrons. The van der Waals surface area contributed by atoms with E-state index in [1.54, 1.807) is 13.8 Å². The molecule has 1 rings (SSSR count). The second kappa shape index (κ2) is 6.12. The van der Waals surface area contributed by atoms with Crippen molar-refractivity contribution in [1.29, 1.82) is 0 Å². The summed E-state index contributed by atoms with van der Waals surface area (Å²) in [4.78, 5) is 10.5. The van der Waals surface area contributed by atoms with Gasteiger partial charge in [0, 0.05) is 6.54 Å². The molecule has 0 bridgehead atoms. The standard InChI is InChI=1S/C12H16FNO4S/c1-3-4-14(8-12(15)16)19(17,18)11-6-9(2)5-10(13)7-11/h5-7H,3-4,8H2,1-2H3,(H,15,16). The predicted molar refractivity (Wildman–Crippen MR) is 67.8 cm³/mol. The van der Waals surface area contributed by atoms with Crippen molar-refractivity contribution in [2.24, 2.45) is 0 Å². The fourth-order valence-electron chi connectivity index (χ4n) is 1.69. The quantitative estimate of drug-likeness (QED) is 0.863. The summed E-state index contributed by atoms with van der Waals surface area (Å²) in [6, 6.07) is 3.43. The number of hydrogen-bond donors (Lipinski definition) is 1. The van der Waals surface area contributed by atoms with Crippen LogP contribution in [0.4, 0.5) is 4.39 Å². The highest BCUT2D eigenvalue weighted by molar-refractivity contribution is 7.89. The number of benzene rings is 1. The van der Waals surface area contributed by atoms with E-state index in [9.17, 15) is 17.6 Å². The molecule has 0 aliphatic rings. The smallest absolute Gasteiger partial charge is 0.318 e. The molecule has 1 N–H and O–H groups in total. The van der Waals surface area contributed by atoms with E-state index in [0.29, 0.717) is 12.0 Å². The number of carbonyl (C=O) groups is 1. The molecule has 0 aliphatic carbocycles. The average molecular weight is 289 g/mol. The number of aliphatic carboxylic acids is 1. The van der Waals surface area contributed by atoms with E-state index < -0.39 is 28.4 Å². The van der Waals surface area contributed by atoms with Crippen LogP contribution in [0.2, 0.25) is 0 Å². The Balaban J connectivity index is 3.21. The lowest BCUT2D eigenvalue weighted by molar-refractivity contribution is -0.137. The molecule has 0 radical (unpaired) electrons. The Morgan fingerprint density at radius 3 is 2.47 bits per heavy atom. The van der Waals surface area contributed by atoms with Crippen molar-refractivity contribution < 1.29 is 22.7 Å². The summed E-state index contributed by atoms with van der Waals surface area (Å²) in [6.07, 6.45) is 0.473. The van der Waals surface area contributed by atoms with Crippen molar-refractivity contribution in [3.63, 3.8) is 0 Å². The summed E-state index contributed by atoms with van der Waals surface area (Å²) in [7, 11) is -3.99. The van der Waals surface area contributed by atoms with E-state index in [1.165, 1.54) is 12.1 Å². The van der Waals surface area contributed by atoms with E-state index in [4.69, 9.17) is 5.11 Å². The highest BCUT2D eigenvalue weighted by Gasteiger charge is 2.26. The third kappa shape index (κ3) is 4.00. The van der Waals surface area contributed by atoms with Crippen LogP contribution >= 0.6 is 0 Å². The number of carboxylic acid groups (broad SMARTS) is 1. The largest absolute Gasteiger partial charge is 0.480 e. The minimum Gasteiger partial charge on any atom is -0.480 e. The third-order valence-corrected chi connectivity index (χ3v) is 4.26. The van der Waals surface area contributed by atoms with Gasteiger partial charge in [-0.2, -0.15) is 4.31 Å². The molecule has 0 fully saturated rings. The predicted octanol–water partition coefficient (Wildman–Crippen LogP) is 1.62. The molecule has 19 heavy (non-hydrogen) atoms. The molecular weight excluding hydrogens is 273 g/mol. The first kappa shape index (κ1) is 15.6. The van der Waals surface area contributed by atoms with Crippen molar-refractivity contribution in [3.05, 3.63) is 29.6 Å². The summed E-state index contributed by atoms with van der Waals surface area (Å²) < 4.78 is 38.6. The molecule has 0 unspecified atom stereocenters. The van der Waals surface area contributed by atoms with Gasteiger partial charge in [0.25, 0.3) is 0 Å². The van der Waals surface area contributed by atoms with Gasteiger partial charge in [-0.3, -0.25) is 4.79 Å². The van der Waals surface area contributed by atoms with Crippen LogP contribution in [-0.2, 0) is 14.8 Å². The molecular formula is C12H16FNO4S. The topological polar surface area (TPSA) is 74.7 Å². The maximum absolute atomic E-state index is 13.3. The Hall–Kier alpha value is -1.47. The third-order valence-electron chi connectivity index (χ3n) is 2.44. The lowest BCUT2D eigenvalue weighted by atomic mass is 10.2. The number of aryl methyl sites for hydroxylation is 1. The zero-order valence-corrected chi connectivity index (χ0v) is 11.6. The number of hydrogen-bond acceptors (Lipinski definition) is 3. The maximum Gasteiger partial charge on any atom is 0.318 e. The fourth-order valence-corrected chi connectivity index (χ4v) is 3.28. The van der Waals surface area contributed by atoms with Gasteiger partial charge in [-0.05, 0) is 37.1 Å². The van der Waals surface area contributed by atoms with Crippen LogP contribution in [0.3, 0.4) is 0 Å². The van der Waals surface area contributed by atoms with Crippen LogP contribution in [0.15, 0.2) is 23.1 Å². The van der Waals surface area contributed by atoms with Crippen molar-refractivity contribution in [1.82, 2.24) is 4.31 Å². The summed E-state index contributed by atoms with van der Waals surface area (Å²) in [6.45, 7) is 2.75. The van der Waals surface area contributed by atoms with Crippen LogP contribution in [0.1, 0.15) is 18.9 Å². The number of nitrogens with zero attached hydrogens (tertiary/aromatic N) is 1. The monoisotopic (exact) mass is 289 g/mol. The number of sulfonamides is 1. The molecule has 1 aromatic rings. The molecule has 0 spiro atoms. The normalized spacial score (nSPS) is 11.8.